The molecule has 3 aromatic rings. The van der Waals surface area contributed by atoms with Gasteiger partial charge in [0.25, 0.3) is 5.91 Å². The maximum atomic E-state index is 13.4. The zero-order valence-electron chi connectivity index (χ0n) is 19.3. The van der Waals surface area contributed by atoms with Gasteiger partial charge in [0, 0.05) is 17.1 Å². The van der Waals surface area contributed by atoms with E-state index in [9.17, 15) is 4.79 Å². The van der Waals surface area contributed by atoms with E-state index in [2.05, 4.69) is 10.6 Å². The lowest BCUT2D eigenvalue weighted by Crippen LogP contribution is -2.15. The van der Waals surface area contributed by atoms with Gasteiger partial charge in [0.15, 0.2) is 11.5 Å². The fraction of sp³-hybridized carbons (Fsp3) is 0.346. The first kappa shape index (κ1) is 23.0. The molecule has 0 atom stereocenters. The molecule has 0 saturated carbocycles. The summed E-state index contributed by atoms with van der Waals surface area (Å²) in [6, 6.07) is 13.3. The van der Waals surface area contributed by atoms with Crippen LogP contribution in [-0.2, 0) is 19.4 Å². The molecule has 4 rings (SSSR count). The summed E-state index contributed by atoms with van der Waals surface area (Å²) < 4.78 is 16.0. The van der Waals surface area contributed by atoms with Gasteiger partial charge in [0.2, 0.25) is 0 Å². The highest BCUT2D eigenvalue weighted by molar-refractivity contribution is 7.16. The Morgan fingerprint density at radius 2 is 1.67 bits per heavy atom. The fourth-order valence-corrected chi connectivity index (χ4v) is 5.43. The largest absolute Gasteiger partial charge is 0.497 e. The topological polar surface area (TPSA) is 68.8 Å². The molecule has 0 fully saturated rings. The Morgan fingerprint density at radius 3 is 2.39 bits per heavy atom. The lowest BCUT2D eigenvalue weighted by atomic mass is 10.0. The third-order valence-corrected chi connectivity index (χ3v) is 7.15. The summed E-state index contributed by atoms with van der Waals surface area (Å²) in [4.78, 5) is 14.7. The predicted molar refractivity (Wildman–Crippen MR) is 133 cm³/mol. The zero-order valence-corrected chi connectivity index (χ0v) is 20.1. The van der Waals surface area contributed by atoms with Crippen LogP contribution in [0.1, 0.15) is 45.6 Å². The average Bonchev–Trinajstić information content (AvgIpc) is 3.04. The maximum absolute atomic E-state index is 13.4. The molecule has 0 radical (unpaired) electrons. The van der Waals surface area contributed by atoms with Crippen LogP contribution in [0.5, 0.6) is 17.2 Å². The smallest absolute Gasteiger partial charge is 0.258 e. The van der Waals surface area contributed by atoms with Crippen LogP contribution >= 0.6 is 11.3 Å². The van der Waals surface area contributed by atoms with Crippen molar-refractivity contribution in [3.63, 3.8) is 0 Å². The molecule has 0 bridgehead atoms. The van der Waals surface area contributed by atoms with Crippen molar-refractivity contribution < 1.29 is 19.0 Å². The summed E-state index contributed by atoms with van der Waals surface area (Å²) in [6.45, 7) is 0.586. The van der Waals surface area contributed by atoms with Crippen LogP contribution in [-0.4, -0.2) is 27.2 Å². The fourth-order valence-electron chi connectivity index (χ4n) is 4.15. The molecule has 0 spiro atoms. The van der Waals surface area contributed by atoms with Gasteiger partial charge in [-0.15, -0.1) is 11.3 Å². The minimum atomic E-state index is -0.0746. The molecule has 1 aliphatic carbocycles. The van der Waals surface area contributed by atoms with E-state index < -0.39 is 0 Å². The van der Waals surface area contributed by atoms with E-state index in [-0.39, 0.29) is 5.91 Å². The van der Waals surface area contributed by atoms with Crippen molar-refractivity contribution in [2.75, 3.05) is 32.0 Å². The number of fused-ring (bicyclic) bond motifs is 1. The van der Waals surface area contributed by atoms with E-state index in [0.29, 0.717) is 18.0 Å². The SMILES string of the molecule is COc1ccc(NC(=O)c2c(NCc3ccc(OC)c(OC)c3)sc3c2CCCCC3)cc1. The van der Waals surface area contributed by atoms with Gasteiger partial charge >= 0.3 is 0 Å². The maximum Gasteiger partial charge on any atom is 0.258 e. The van der Waals surface area contributed by atoms with Gasteiger partial charge < -0.3 is 24.8 Å². The lowest BCUT2D eigenvalue weighted by Gasteiger charge is -2.12. The number of hydrogen-bond acceptors (Lipinski definition) is 6. The van der Waals surface area contributed by atoms with Crippen molar-refractivity contribution in [1.29, 1.82) is 0 Å². The summed E-state index contributed by atoms with van der Waals surface area (Å²) in [7, 11) is 4.89. The van der Waals surface area contributed by atoms with E-state index in [1.54, 1.807) is 32.7 Å². The number of anilines is 2. The van der Waals surface area contributed by atoms with Crippen LogP contribution in [0, 0.1) is 0 Å². The molecule has 6 nitrogen and oxygen atoms in total. The quantitative estimate of drug-likeness (QED) is 0.404. The number of ether oxygens (including phenoxy) is 3. The normalized spacial score (nSPS) is 12.9. The summed E-state index contributed by atoms with van der Waals surface area (Å²) in [5, 5.41) is 7.52. The Balaban J connectivity index is 1.59. The molecule has 174 valence electrons. The molecule has 0 unspecified atom stereocenters. The van der Waals surface area contributed by atoms with E-state index >= 15 is 0 Å². The Kier molecular flexibility index (Phi) is 7.40. The second kappa shape index (κ2) is 10.6. The number of nitrogens with one attached hydrogen (secondary N) is 2. The standard InChI is InChI=1S/C26H30N2O4S/c1-30-19-12-10-18(11-13-19)28-25(29)24-20-7-5-4-6-8-23(20)33-26(24)27-16-17-9-14-21(31-2)22(15-17)32-3/h9-15,27H,4-8,16H2,1-3H3,(H,28,29). The highest BCUT2D eigenvalue weighted by atomic mass is 32.1. The molecule has 1 heterocycles. The van der Waals surface area contributed by atoms with Crippen molar-refractivity contribution in [3.8, 4) is 17.2 Å². The zero-order chi connectivity index (χ0) is 23.2. The van der Waals surface area contributed by atoms with Crippen molar-refractivity contribution in [3.05, 3.63) is 64.0 Å². The third kappa shape index (κ3) is 5.25. The molecule has 7 heteroatoms. The average molecular weight is 467 g/mol. The number of amides is 1. The Labute approximate surface area is 198 Å². The minimum Gasteiger partial charge on any atom is -0.497 e. The molecule has 0 saturated heterocycles. The van der Waals surface area contributed by atoms with Crippen LogP contribution in [0.4, 0.5) is 10.7 Å². The van der Waals surface area contributed by atoms with Gasteiger partial charge in [-0.2, -0.15) is 0 Å². The van der Waals surface area contributed by atoms with Crippen LogP contribution in [0.2, 0.25) is 0 Å². The van der Waals surface area contributed by atoms with Gasteiger partial charge in [-0.25, -0.2) is 0 Å². The van der Waals surface area contributed by atoms with E-state index in [1.165, 1.54) is 23.3 Å². The van der Waals surface area contributed by atoms with Gasteiger partial charge in [-0.1, -0.05) is 12.5 Å². The summed E-state index contributed by atoms with van der Waals surface area (Å²) in [6.07, 6.45) is 5.45. The van der Waals surface area contributed by atoms with Crippen LogP contribution < -0.4 is 24.8 Å². The molecule has 1 aliphatic rings. The molecule has 0 aliphatic heterocycles. The number of rotatable bonds is 8. The minimum absolute atomic E-state index is 0.0746. The Hall–Kier alpha value is -3.19. The number of thiophene rings is 1. The van der Waals surface area contributed by atoms with Gasteiger partial charge in [0.1, 0.15) is 10.8 Å². The number of benzene rings is 2. The molecule has 1 amide bonds. The van der Waals surface area contributed by atoms with Crippen molar-refractivity contribution >= 4 is 27.9 Å². The van der Waals surface area contributed by atoms with Crippen molar-refractivity contribution in [1.82, 2.24) is 0 Å². The summed E-state index contributed by atoms with van der Waals surface area (Å²) in [5.74, 6) is 2.07. The third-order valence-electron chi connectivity index (χ3n) is 5.90. The Bertz CT molecular complexity index is 1110. The molecule has 2 N–H and O–H groups in total. The van der Waals surface area contributed by atoms with Crippen LogP contribution in [0.15, 0.2) is 42.5 Å². The summed E-state index contributed by atoms with van der Waals surface area (Å²) >= 11 is 1.71. The van der Waals surface area contributed by atoms with Gasteiger partial charge in [-0.3, -0.25) is 4.79 Å². The lowest BCUT2D eigenvalue weighted by molar-refractivity contribution is 0.102. The van der Waals surface area contributed by atoms with Crippen LogP contribution in [0.25, 0.3) is 0 Å². The molecule has 33 heavy (non-hydrogen) atoms. The van der Waals surface area contributed by atoms with Crippen molar-refractivity contribution in [2.45, 2.75) is 38.6 Å². The predicted octanol–water partition coefficient (Wildman–Crippen LogP) is 5.91. The number of hydrogen-bond donors (Lipinski definition) is 2. The van der Waals surface area contributed by atoms with E-state index in [0.717, 1.165) is 46.8 Å². The highest BCUT2D eigenvalue weighted by Crippen LogP contribution is 2.38. The summed E-state index contributed by atoms with van der Waals surface area (Å²) in [5.41, 5.74) is 3.77. The Morgan fingerprint density at radius 1 is 0.909 bits per heavy atom. The number of carbonyl (C=O) groups excluding carboxylic acids is 1. The first-order chi connectivity index (χ1) is 16.1. The monoisotopic (exact) mass is 466 g/mol. The van der Waals surface area contributed by atoms with Crippen LogP contribution in [0.3, 0.4) is 0 Å². The number of aryl methyl sites for hydroxylation is 1. The van der Waals surface area contributed by atoms with Gasteiger partial charge in [-0.05, 0) is 73.2 Å². The first-order valence-corrected chi connectivity index (χ1v) is 12.0. The number of carbonyl (C=O) groups is 1. The molecule has 1 aromatic heterocycles. The second-order valence-corrected chi connectivity index (χ2v) is 9.10. The second-order valence-electron chi connectivity index (χ2n) is 7.99. The first-order valence-electron chi connectivity index (χ1n) is 11.2. The van der Waals surface area contributed by atoms with Crippen molar-refractivity contribution in [2.24, 2.45) is 0 Å². The van der Waals surface area contributed by atoms with E-state index in [4.69, 9.17) is 14.2 Å². The van der Waals surface area contributed by atoms with Gasteiger partial charge in [0.05, 0.1) is 26.9 Å². The molecular weight excluding hydrogens is 436 g/mol. The molecular formula is C26H30N2O4S. The number of methoxy groups -OCH3 is 3. The highest BCUT2D eigenvalue weighted by Gasteiger charge is 2.25. The van der Waals surface area contributed by atoms with E-state index in [1.807, 2.05) is 42.5 Å². The molecule has 2 aromatic carbocycles.